The first-order valence-corrected chi connectivity index (χ1v) is 7.60. The van der Waals surface area contributed by atoms with Crippen LogP contribution in [0.4, 0.5) is 0 Å². The van der Waals surface area contributed by atoms with Crippen molar-refractivity contribution in [3.05, 3.63) is 21.4 Å². The molecule has 1 aliphatic carbocycles. The van der Waals surface area contributed by atoms with Crippen molar-refractivity contribution in [2.75, 3.05) is 6.61 Å². The number of amides is 1. The molecular formula is C14H19NO2S. The molecule has 98 valence electrons. The first-order valence-electron chi connectivity index (χ1n) is 6.78. The maximum atomic E-state index is 12.2. The Kier molecular flexibility index (Phi) is 3.39. The topological polar surface area (TPSA) is 38.3 Å². The van der Waals surface area contributed by atoms with Crippen LogP contribution in [0.2, 0.25) is 0 Å². The average molecular weight is 265 g/mol. The molecule has 0 aromatic carbocycles. The highest BCUT2D eigenvalue weighted by atomic mass is 32.1. The van der Waals surface area contributed by atoms with Crippen LogP contribution in [0.3, 0.4) is 0 Å². The SMILES string of the molecule is CC(NC(=O)c1cc2c(s1)CCC2)C1CCCO1. The van der Waals surface area contributed by atoms with Crippen molar-refractivity contribution in [2.45, 2.75) is 51.2 Å². The van der Waals surface area contributed by atoms with Gasteiger partial charge in [-0.3, -0.25) is 4.79 Å². The Morgan fingerprint density at radius 1 is 1.50 bits per heavy atom. The minimum Gasteiger partial charge on any atom is -0.376 e. The van der Waals surface area contributed by atoms with Gasteiger partial charge in [0.15, 0.2) is 0 Å². The van der Waals surface area contributed by atoms with Crippen molar-refractivity contribution < 1.29 is 9.53 Å². The van der Waals surface area contributed by atoms with Crippen LogP contribution >= 0.6 is 11.3 Å². The van der Waals surface area contributed by atoms with Gasteiger partial charge in [0, 0.05) is 11.5 Å². The molecule has 2 aliphatic rings. The summed E-state index contributed by atoms with van der Waals surface area (Å²) in [6, 6.07) is 2.18. The molecule has 1 N–H and O–H groups in total. The zero-order valence-electron chi connectivity index (χ0n) is 10.7. The number of carbonyl (C=O) groups is 1. The molecule has 1 saturated heterocycles. The number of hydrogen-bond acceptors (Lipinski definition) is 3. The number of hydrogen-bond donors (Lipinski definition) is 1. The summed E-state index contributed by atoms with van der Waals surface area (Å²) in [4.78, 5) is 14.4. The number of nitrogens with one attached hydrogen (secondary N) is 1. The third kappa shape index (κ3) is 2.31. The van der Waals surface area contributed by atoms with Crippen LogP contribution in [0.5, 0.6) is 0 Å². The summed E-state index contributed by atoms with van der Waals surface area (Å²) < 4.78 is 5.60. The molecule has 1 aromatic rings. The van der Waals surface area contributed by atoms with Gasteiger partial charge in [-0.2, -0.15) is 0 Å². The van der Waals surface area contributed by atoms with Crippen LogP contribution in [-0.2, 0) is 17.6 Å². The molecule has 4 heteroatoms. The van der Waals surface area contributed by atoms with E-state index in [1.54, 1.807) is 11.3 Å². The summed E-state index contributed by atoms with van der Waals surface area (Å²) >= 11 is 1.66. The van der Waals surface area contributed by atoms with Crippen LogP contribution in [0, 0.1) is 0 Å². The Hall–Kier alpha value is -0.870. The molecule has 2 unspecified atom stereocenters. The second-order valence-corrected chi connectivity index (χ2v) is 6.36. The van der Waals surface area contributed by atoms with E-state index in [1.165, 1.54) is 16.9 Å². The summed E-state index contributed by atoms with van der Waals surface area (Å²) in [5.74, 6) is 0.0670. The zero-order chi connectivity index (χ0) is 12.5. The van der Waals surface area contributed by atoms with Crippen LogP contribution in [0.25, 0.3) is 0 Å². The molecule has 2 atom stereocenters. The zero-order valence-corrected chi connectivity index (χ0v) is 11.5. The van der Waals surface area contributed by atoms with Crippen LogP contribution in [-0.4, -0.2) is 24.7 Å². The molecule has 3 rings (SSSR count). The normalized spacial score (nSPS) is 23.9. The standard InChI is InChI=1S/C14H19NO2S/c1-9(11-5-3-7-17-11)15-14(16)13-8-10-4-2-6-12(10)18-13/h8-9,11H,2-7H2,1H3,(H,15,16). The Morgan fingerprint density at radius 3 is 3.11 bits per heavy atom. The lowest BCUT2D eigenvalue weighted by molar-refractivity contribution is 0.0714. The van der Waals surface area contributed by atoms with Gasteiger partial charge < -0.3 is 10.1 Å². The van der Waals surface area contributed by atoms with Gasteiger partial charge in [0.25, 0.3) is 5.91 Å². The lowest BCUT2D eigenvalue weighted by atomic mass is 10.1. The third-order valence-corrected chi connectivity index (χ3v) is 5.09. The third-order valence-electron chi connectivity index (χ3n) is 3.85. The van der Waals surface area contributed by atoms with Crippen molar-refractivity contribution >= 4 is 17.2 Å². The Bertz CT molecular complexity index is 427. The molecule has 1 aromatic heterocycles. The van der Waals surface area contributed by atoms with Gasteiger partial charge in [-0.25, -0.2) is 0 Å². The molecule has 0 saturated carbocycles. The summed E-state index contributed by atoms with van der Waals surface area (Å²) in [5.41, 5.74) is 1.38. The predicted molar refractivity (Wildman–Crippen MR) is 72.2 cm³/mol. The number of aryl methyl sites for hydroxylation is 2. The second-order valence-electron chi connectivity index (χ2n) is 5.23. The van der Waals surface area contributed by atoms with Crippen molar-refractivity contribution in [3.63, 3.8) is 0 Å². The van der Waals surface area contributed by atoms with E-state index < -0.39 is 0 Å². The monoisotopic (exact) mass is 265 g/mol. The predicted octanol–water partition coefficient (Wildman–Crippen LogP) is 2.53. The van der Waals surface area contributed by atoms with Gasteiger partial charge in [-0.05, 0) is 50.7 Å². The minimum absolute atomic E-state index is 0.0670. The smallest absolute Gasteiger partial charge is 0.261 e. The van der Waals surface area contributed by atoms with Crippen molar-refractivity contribution in [1.29, 1.82) is 0 Å². The number of ether oxygens (including phenoxy) is 1. The lowest BCUT2D eigenvalue weighted by Gasteiger charge is -2.19. The molecule has 1 amide bonds. The van der Waals surface area contributed by atoms with Crippen molar-refractivity contribution in [3.8, 4) is 0 Å². The van der Waals surface area contributed by atoms with Gasteiger partial charge >= 0.3 is 0 Å². The maximum absolute atomic E-state index is 12.2. The summed E-state index contributed by atoms with van der Waals surface area (Å²) in [5, 5.41) is 3.07. The van der Waals surface area contributed by atoms with Crippen LogP contribution in [0.1, 0.15) is 46.3 Å². The van der Waals surface area contributed by atoms with Gasteiger partial charge in [-0.1, -0.05) is 0 Å². The highest BCUT2D eigenvalue weighted by Crippen LogP contribution is 2.30. The Balaban J connectivity index is 1.63. The first-order chi connectivity index (χ1) is 8.74. The quantitative estimate of drug-likeness (QED) is 0.912. The summed E-state index contributed by atoms with van der Waals surface area (Å²) in [6.07, 6.45) is 5.89. The van der Waals surface area contributed by atoms with E-state index in [2.05, 4.69) is 11.4 Å². The number of fused-ring (bicyclic) bond motifs is 1. The number of thiophene rings is 1. The molecule has 0 bridgehead atoms. The highest BCUT2D eigenvalue weighted by Gasteiger charge is 2.25. The average Bonchev–Trinajstić information content (AvgIpc) is 3.05. The van der Waals surface area contributed by atoms with E-state index in [0.717, 1.165) is 37.2 Å². The Labute approximate surface area is 112 Å². The van der Waals surface area contributed by atoms with E-state index in [1.807, 2.05) is 6.92 Å². The largest absolute Gasteiger partial charge is 0.376 e. The molecule has 1 fully saturated rings. The van der Waals surface area contributed by atoms with E-state index in [9.17, 15) is 4.79 Å². The lowest BCUT2D eigenvalue weighted by Crippen LogP contribution is -2.40. The first kappa shape index (κ1) is 12.2. The van der Waals surface area contributed by atoms with Crippen molar-refractivity contribution in [2.24, 2.45) is 0 Å². The fraction of sp³-hybridized carbons (Fsp3) is 0.643. The van der Waals surface area contributed by atoms with Crippen LogP contribution in [0.15, 0.2) is 6.07 Å². The molecule has 1 aliphatic heterocycles. The second kappa shape index (κ2) is 5.02. The fourth-order valence-corrected chi connectivity index (χ4v) is 3.97. The fourth-order valence-electron chi connectivity index (χ4n) is 2.81. The van der Waals surface area contributed by atoms with E-state index in [4.69, 9.17) is 4.74 Å². The van der Waals surface area contributed by atoms with Gasteiger partial charge in [0.05, 0.1) is 17.0 Å². The minimum atomic E-state index is 0.0670. The summed E-state index contributed by atoms with van der Waals surface area (Å²) in [7, 11) is 0. The Morgan fingerprint density at radius 2 is 2.39 bits per heavy atom. The summed E-state index contributed by atoms with van der Waals surface area (Å²) in [6.45, 7) is 2.87. The maximum Gasteiger partial charge on any atom is 0.261 e. The van der Waals surface area contributed by atoms with E-state index in [0.29, 0.717) is 0 Å². The molecule has 3 nitrogen and oxygen atoms in total. The molecular weight excluding hydrogens is 246 g/mol. The van der Waals surface area contributed by atoms with E-state index in [-0.39, 0.29) is 18.1 Å². The van der Waals surface area contributed by atoms with Gasteiger partial charge in [0.2, 0.25) is 0 Å². The van der Waals surface area contributed by atoms with Gasteiger partial charge in [0.1, 0.15) is 0 Å². The number of rotatable bonds is 3. The van der Waals surface area contributed by atoms with Crippen LogP contribution < -0.4 is 5.32 Å². The molecule has 18 heavy (non-hydrogen) atoms. The highest BCUT2D eigenvalue weighted by molar-refractivity contribution is 7.14. The number of carbonyl (C=O) groups excluding carboxylic acids is 1. The molecule has 2 heterocycles. The van der Waals surface area contributed by atoms with E-state index >= 15 is 0 Å². The van der Waals surface area contributed by atoms with Crippen molar-refractivity contribution in [1.82, 2.24) is 5.32 Å². The van der Waals surface area contributed by atoms with Gasteiger partial charge in [-0.15, -0.1) is 11.3 Å². The molecule has 0 radical (unpaired) electrons. The molecule has 0 spiro atoms.